The van der Waals surface area contributed by atoms with Gasteiger partial charge in [-0.25, -0.2) is 4.79 Å². The highest BCUT2D eigenvalue weighted by atomic mass is 16.6. The van der Waals surface area contributed by atoms with Crippen molar-refractivity contribution in [1.29, 1.82) is 0 Å². The molecule has 0 bridgehead atoms. The van der Waals surface area contributed by atoms with Crippen molar-refractivity contribution in [3.8, 4) is 0 Å². The van der Waals surface area contributed by atoms with Crippen molar-refractivity contribution in [2.45, 2.75) is 32.6 Å². The maximum absolute atomic E-state index is 12.8. The molecule has 0 aliphatic heterocycles. The van der Waals surface area contributed by atoms with Crippen LogP contribution in [-0.4, -0.2) is 115 Å². The van der Waals surface area contributed by atoms with Gasteiger partial charge < -0.3 is 48.1 Å². The van der Waals surface area contributed by atoms with E-state index in [4.69, 9.17) is 37.9 Å². The summed E-state index contributed by atoms with van der Waals surface area (Å²) < 4.78 is 43.7. The first-order valence-corrected chi connectivity index (χ1v) is 18.0. The van der Waals surface area contributed by atoms with Gasteiger partial charge in [0, 0.05) is 26.2 Å². The largest absolute Gasteiger partial charge is 0.461 e. The van der Waals surface area contributed by atoms with Crippen molar-refractivity contribution < 1.29 is 52.3 Å². The Morgan fingerprint density at radius 1 is 0.453 bits per heavy atom. The zero-order valence-corrected chi connectivity index (χ0v) is 30.5. The lowest BCUT2D eigenvalue weighted by molar-refractivity contribution is -0.146. The van der Waals surface area contributed by atoms with Gasteiger partial charge in [0.25, 0.3) is 0 Å². The van der Waals surface area contributed by atoms with E-state index in [9.17, 15) is 14.4 Å². The van der Waals surface area contributed by atoms with E-state index in [2.05, 4.69) is 5.32 Å². The van der Waals surface area contributed by atoms with Crippen LogP contribution in [0.3, 0.4) is 0 Å². The van der Waals surface area contributed by atoms with Crippen LogP contribution in [0.15, 0.2) is 91.0 Å². The molecule has 0 atom stereocenters. The first-order chi connectivity index (χ1) is 26.1. The normalized spacial score (nSPS) is 10.9. The van der Waals surface area contributed by atoms with E-state index in [1.54, 1.807) is 4.90 Å². The second kappa shape index (κ2) is 29.1. The van der Waals surface area contributed by atoms with Gasteiger partial charge in [0.05, 0.1) is 78.9 Å². The molecular weight excluding hydrogens is 684 g/mol. The molecular formula is C40H54N2O11. The maximum Gasteiger partial charge on any atom is 0.410 e. The first-order valence-electron chi connectivity index (χ1n) is 18.0. The van der Waals surface area contributed by atoms with Crippen molar-refractivity contribution in [3.63, 3.8) is 0 Å². The van der Waals surface area contributed by atoms with Crippen LogP contribution in [-0.2, 0) is 67.2 Å². The summed E-state index contributed by atoms with van der Waals surface area (Å²) in [4.78, 5) is 38.2. The number of hydrogen-bond acceptors (Lipinski definition) is 12. The van der Waals surface area contributed by atoms with Crippen molar-refractivity contribution in [2.24, 2.45) is 0 Å². The highest BCUT2D eigenvalue weighted by Crippen LogP contribution is 2.08. The van der Waals surface area contributed by atoms with Crippen LogP contribution >= 0.6 is 0 Å². The molecule has 3 rings (SSSR count). The van der Waals surface area contributed by atoms with Gasteiger partial charge in [0.2, 0.25) is 0 Å². The molecule has 0 aliphatic carbocycles. The number of hydrogen-bond donors (Lipinski definition) is 1. The smallest absolute Gasteiger partial charge is 0.410 e. The number of rotatable bonds is 30. The third-order valence-corrected chi connectivity index (χ3v) is 7.41. The molecule has 0 spiro atoms. The Kier molecular flexibility index (Phi) is 23.7. The molecule has 3 aromatic carbocycles. The van der Waals surface area contributed by atoms with E-state index >= 15 is 0 Å². The molecule has 53 heavy (non-hydrogen) atoms. The van der Waals surface area contributed by atoms with Crippen molar-refractivity contribution in [2.75, 3.05) is 92.3 Å². The molecule has 13 nitrogen and oxygen atoms in total. The average Bonchev–Trinajstić information content (AvgIpc) is 3.19. The second-order valence-electron chi connectivity index (χ2n) is 11.6. The van der Waals surface area contributed by atoms with Gasteiger partial charge in [-0.05, 0) is 16.7 Å². The van der Waals surface area contributed by atoms with Crippen LogP contribution < -0.4 is 5.32 Å². The molecule has 0 saturated heterocycles. The van der Waals surface area contributed by atoms with E-state index in [0.29, 0.717) is 98.7 Å². The summed E-state index contributed by atoms with van der Waals surface area (Å²) in [5.41, 5.74) is 2.81. The Morgan fingerprint density at radius 3 is 1.40 bits per heavy atom. The Bertz CT molecular complexity index is 1370. The van der Waals surface area contributed by atoms with Crippen LogP contribution in [0.1, 0.15) is 29.5 Å². The standard InChI is InChI=1S/C40H54N2O11/c43-38(52-33-36-12-6-2-7-13-36)16-18-41-19-22-46-24-26-48-28-30-50-31-29-49-27-25-47-23-20-42(32-35-10-4-1-5-11-35)40(45)51-21-17-39(44)53-34-37-14-8-3-9-15-37/h1-15,41H,16-34H2. The molecule has 0 aromatic heterocycles. The van der Waals surface area contributed by atoms with Crippen LogP contribution in [0.2, 0.25) is 0 Å². The van der Waals surface area contributed by atoms with Crippen LogP contribution in [0, 0.1) is 0 Å². The van der Waals surface area contributed by atoms with Gasteiger partial charge >= 0.3 is 18.0 Å². The number of nitrogens with one attached hydrogen (secondary N) is 1. The summed E-state index contributed by atoms with van der Waals surface area (Å²) in [5, 5.41) is 3.16. The Balaban J connectivity index is 1.09. The van der Waals surface area contributed by atoms with Gasteiger partial charge in [0.15, 0.2) is 0 Å². The van der Waals surface area contributed by atoms with Gasteiger partial charge in [-0.3, -0.25) is 9.59 Å². The van der Waals surface area contributed by atoms with Crippen molar-refractivity contribution in [3.05, 3.63) is 108 Å². The van der Waals surface area contributed by atoms with Gasteiger partial charge in [-0.15, -0.1) is 0 Å². The topological polar surface area (TPSA) is 140 Å². The number of esters is 2. The quantitative estimate of drug-likeness (QED) is 0.0583. The van der Waals surface area contributed by atoms with Gasteiger partial charge in [0.1, 0.15) is 19.8 Å². The zero-order valence-electron chi connectivity index (χ0n) is 30.5. The summed E-state index contributed by atoms with van der Waals surface area (Å²) in [6, 6.07) is 28.6. The molecule has 0 radical (unpaired) electrons. The molecule has 0 unspecified atom stereocenters. The van der Waals surface area contributed by atoms with E-state index in [1.165, 1.54) is 0 Å². The third-order valence-electron chi connectivity index (χ3n) is 7.41. The fourth-order valence-corrected chi connectivity index (χ4v) is 4.59. The predicted molar refractivity (Wildman–Crippen MR) is 197 cm³/mol. The number of carbonyl (C=O) groups is 3. The lowest BCUT2D eigenvalue weighted by Gasteiger charge is -2.22. The minimum Gasteiger partial charge on any atom is -0.461 e. The highest BCUT2D eigenvalue weighted by Gasteiger charge is 2.16. The molecule has 1 N–H and O–H groups in total. The van der Waals surface area contributed by atoms with E-state index in [1.807, 2.05) is 91.0 Å². The molecule has 13 heteroatoms. The molecule has 0 aliphatic rings. The number of carbonyl (C=O) groups excluding carboxylic acids is 3. The summed E-state index contributed by atoms with van der Waals surface area (Å²) in [6.07, 6.45) is -0.253. The summed E-state index contributed by atoms with van der Waals surface area (Å²) in [7, 11) is 0. The average molecular weight is 739 g/mol. The molecule has 1 amide bonds. The zero-order chi connectivity index (χ0) is 37.4. The maximum atomic E-state index is 12.8. The monoisotopic (exact) mass is 738 g/mol. The minimum atomic E-state index is -0.530. The molecule has 0 heterocycles. The summed E-state index contributed by atoms with van der Waals surface area (Å²) >= 11 is 0. The second-order valence-corrected chi connectivity index (χ2v) is 11.6. The molecule has 0 saturated carbocycles. The van der Waals surface area contributed by atoms with Crippen LogP contribution in [0.25, 0.3) is 0 Å². The van der Waals surface area contributed by atoms with Crippen LogP contribution in [0.5, 0.6) is 0 Å². The number of benzene rings is 3. The summed E-state index contributed by atoms with van der Waals surface area (Å²) in [6.45, 7) is 6.48. The Hall–Kier alpha value is -4.37. The molecule has 0 fully saturated rings. The number of nitrogens with zero attached hydrogens (tertiary/aromatic N) is 1. The third kappa shape index (κ3) is 22.3. The molecule has 3 aromatic rings. The van der Waals surface area contributed by atoms with Gasteiger partial charge in [-0.2, -0.15) is 0 Å². The van der Waals surface area contributed by atoms with E-state index in [-0.39, 0.29) is 32.2 Å². The first kappa shape index (κ1) is 43.0. The van der Waals surface area contributed by atoms with E-state index < -0.39 is 12.1 Å². The lowest BCUT2D eigenvalue weighted by Crippen LogP contribution is -2.34. The van der Waals surface area contributed by atoms with E-state index in [0.717, 1.165) is 16.7 Å². The fourth-order valence-electron chi connectivity index (χ4n) is 4.59. The molecule has 290 valence electrons. The highest BCUT2D eigenvalue weighted by molar-refractivity contribution is 5.71. The Labute approximate surface area is 312 Å². The van der Waals surface area contributed by atoms with Gasteiger partial charge in [-0.1, -0.05) is 91.0 Å². The lowest BCUT2D eigenvalue weighted by atomic mass is 10.2. The van der Waals surface area contributed by atoms with Crippen LogP contribution in [0.4, 0.5) is 4.79 Å². The minimum absolute atomic E-state index is 0.0318. The summed E-state index contributed by atoms with van der Waals surface area (Å²) in [5.74, 6) is -0.668. The fraction of sp³-hybridized carbons (Fsp3) is 0.475. The predicted octanol–water partition coefficient (Wildman–Crippen LogP) is 4.56. The van der Waals surface area contributed by atoms with Crippen molar-refractivity contribution in [1.82, 2.24) is 10.2 Å². The number of amides is 1. The van der Waals surface area contributed by atoms with Crippen molar-refractivity contribution >= 4 is 18.0 Å². The number of ether oxygens (including phenoxy) is 8. The SMILES string of the molecule is O=C(CCNCCOCCOCCOCCOCCOCCN(Cc1ccccc1)C(=O)OCCC(=O)OCc1ccccc1)OCc1ccccc1. The Morgan fingerprint density at radius 2 is 0.887 bits per heavy atom.